The molecule has 2 heterocycles. The van der Waals surface area contributed by atoms with Crippen LogP contribution in [0.2, 0.25) is 0 Å². The van der Waals surface area contributed by atoms with Gasteiger partial charge in [0.1, 0.15) is 11.4 Å². The number of fused-ring (bicyclic) bond motifs is 1. The molecule has 1 aromatic carbocycles. The molecule has 0 aliphatic carbocycles. The normalized spacial score (nSPS) is 14.6. The van der Waals surface area contributed by atoms with Gasteiger partial charge in [-0.15, -0.1) is 0 Å². The first-order valence-electron chi connectivity index (χ1n) is 7.94. The van der Waals surface area contributed by atoms with E-state index in [1.54, 1.807) is 13.8 Å². The molecular weight excluding hydrogens is 310 g/mol. The maximum absolute atomic E-state index is 12.2. The molecule has 0 radical (unpaired) electrons. The molecule has 3 rings (SSSR count). The van der Waals surface area contributed by atoms with Crippen LogP contribution in [0.4, 0.5) is 10.5 Å². The average Bonchev–Trinajstić information content (AvgIpc) is 2.78. The Morgan fingerprint density at radius 3 is 2.67 bits per heavy atom. The number of aryl methyl sites for hydroxylation is 2. The molecule has 2 amide bonds. The Kier molecular flexibility index (Phi) is 4.59. The van der Waals surface area contributed by atoms with Gasteiger partial charge in [-0.25, -0.2) is 4.79 Å². The number of nitrogens with zero attached hydrogens (tertiary/aromatic N) is 1. The lowest BCUT2D eigenvalue weighted by atomic mass is 10.1. The fourth-order valence-electron chi connectivity index (χ4n) is 2.54. The molecule has 1 aliphatic rings. The van der Waals surface area contributed by atoms with E-state index in [1.165, 1.54) is 0 Å². The fourth-order valence-corrected chi connectivity index (χ4v) is 2.54. The standard InChI is InChI=1S/C17H21N3O4/c1-10(18-17(21)19-16-11(2)20-24-12(16)3)13-5-6-14-15(9-13)23-8-4-7-22-14/h5-6,9-10H,4,7-8H2,1-3H3,(H2,18,19,21). The number of carbonyl (C=O) groups is 1. The number of benzene rings is 1. The molecule has 0 saturated carbocycles. The highest BCUT2D eigenvalue weighted by atomic mass is 16.5. The van der Waals surface area contributed by atoms with Crippen LogP contribution in [-0.2, 0) is 0 Å². The lowest BCUT2D eigenvalue weighted by Gasteiger charge is -2.17. The van der Waals surface area contributed by atoms with Crippen LogP contribution in [0.3, 0.4) is 0 Å². The third-order valence-electron chi connectivity index (χ3n) is 3.89. The van der Waals surface area contributed by atoms with Crippen LogP contribution in [0.15, 0.2) is 22.7 Å². The first-order chi connectivity index (χ1) is 11.5. The lowest BCUT2D eigenvalue weighted by molar-refractivity contribution is 0.249. The summed E-state index contributed by atoms with van der Waals surface area (Å²) in [5.41, 5.74) is 2.18. The van der Waals surface area contributed by atoms with Gasteiger partial charge < -0.3 is 24.6 Å². The number of carbonyl (C=O) groups excluding carboxylic acids is 1. The maximum Gasteiger partial charge on any atom is 0.319 e. The van der Waals surface area contributed by atoms with Gasteiger partial charge in [-0.2, -0.15) is 0 Å². The Labute approximate surface area is 140 Å². The zero-order valence-corrected chi connectivity index (χ0v) is 14.0. The van der Waals surface area contributed by atoms with Gasteiger partial charge in [0, 0.05) is 6.42 Å². The van der Waals surface area contributed by atoms with Crippen molar-refractivity contribution in [3.63, 3.8) is 0 Å². The Hall–Kier alpha value is -2.70. The van der Waals surface area contributed by atoms with Crippen LogP contribution in [0.1, 0.15) is 36.4 Å². The Bertz CT molecular complexity index is 722. The number of nitrogens with one attached hydrogen (secondary N) is 2. The summed E-state index contributed by atoms with van der Waals surface area (Å²) in [6.07, 6.45) is 0.859. The van der Waals surface area contributed by atoms with E-state index in [9.17, 15) is 4.79 Å². The molecule has 1 aliphatic heterocycles. The summed E-state index contributed by atoms with van der Waals surface area (Å²) in [5.74, 6) is 2.03. The molecule has 0 bridgehead atoms. The van der Waals surface area contributed by atoms with Crippen LogP contribution in [0.25, 0.3) is 0 Å². The lowest BCUT2D eigenvalue weighted by Crippen LogP contribution is -2.31. The van der Waals surface area contributed by atoms with Crippen molar-refractivity contribution in [3.8, 4) is 11.5 Å². The highest BCUT2D eigenvalue weighted by molar-refractivity contribution is 5.90. The second-order valence-electron chi connectivity index (χ2n) is 5.78. The number of rotatable bonds is 3. The quantitative estimate of drug-likeness (QED) is 0.901. The number of urea groups is 1. The van der Waals surface area contributed by atoms with Crippen LogP contribution < -0.4 is 20.1 Å². The van der Waals surface area contributed by atoms with Gasteiger partial charge in [-0.05, 0) is 38.5 Å². The SMILES string of the molecule is Cc1noc(C)c1NC(=O)NC(C)c1ccc2c(c1)OCCCO2. The van der Waals surface area contributed by atoms with Gasteiger partial charge in [-0.3, -0.25) is 0 Å². The summed E-state index contributed by atoms with van der Waals surface area (Å²) in [7, 11) is 0. The van der Waals surface area contributed by atoms with Gasteiger partial charge in [0.25, 0.3) is 0 Å². The first-order valence-corrected chi connectivity index (χ1v) is 7.94. The predicted octanol–water partition coefficient (Wildman–Crippen LogP) is 3.34. The van der Waals surface area contributed by atoms with Crippen molar-refractivity contribution < 1.29 is 18.8 Å². The van der Waals surface area contributed by atoms with E-state index in [0.29, 0.717) is 36.1 Å². The fraction of sp³-hybridized carbons (Fsp3) is 0.412. The van der Waals surface area contributed by atoms with Crippen molar-refractivity contribution in [2.45, 2.75) is 33.2 Å². The minimum Gasteiger partial charge on any atom is -0.490 e. The van der Waals surface area contributed by atoms with E-state index >= 15 is 0 Å². The van der Waals surface area contributed by atoms with Gasteiger partial charge in [0.2, 0.25) is 0 Å². The van der Waals surface area contributed by atoms with Crippen molar-refractivity contribution in [2.24, 2.45) is 0 Å². The minimum absolute atomic E-state index is 0.192. The second-order valence-corrected chi connectivity index (χ2v) is 5.78. The Morgan fingerprint density at radius 2 is 1.96 bits per heavy atom. The topological polar surface area (TPSA) is 85.6 Å². The van der Waals surface area contributed by atoms with Gasteiger partial charge >= 0.3 is 6.03 Å². The summed E-state index contributed by atoms with van der Waals surface area (Å²) >= 11 is 0. The Morgan fingerprint density at radius 1 is 1.21 bits per heavy atom. The van der Waals surface area contributed by atoms with Gasteiger partial charge in [0.15, 0.2) is 17.3 Å². The Balaban J connectivity index is 1.67. The van der Waals surface area contributed by atoms with Crippen molar-refractivity contribution in [1.82, 2.24) is 10.5 Å². The van der Waals surface area contributed by atoms with E-state index in [4.69, 9.17) is 14.0 Å². The molecule has 2 aromatic rings. The van der Waals surface area contributed by atoms with Crippen LogP contribution in [-0.4, -0.2) is 24.4 Å². The summed E-state index contributed by atoms with van der Waals surface area (Å²) in [4.78, 5) is 12.2. The predicted molar refractivity (Wildman–Crippen MR) is 88.6 cm³/mol. The largest absolute Gasteiger partial charge is 0.490 e. The number of hydrogen-bond acceptors (Lipinski definition) is 5. The van der Waals surface area contributed by atoms with Crippen LogP contribution in [0, 0.1) is 13.8 Å². The van der Waals surface area contributed by atoms with Gasteiger partial charge in [0.05, 0.1) is 19.3 Å². The second kappa shape index (κ2) is 6.82. The maximum atomic E-state index is 12.2. The molecule has 24 heavy (non-hydrogen) atoms. The minimum atomic E-state index is -0.316. The molecule has 7 nitrogen and oxygen atoms in total. The van der Waals surface area contributed by atoms with Gasteiger partial charge in [-0.1, -0.05) is 11.2 Å². The molecule has 1 unspecified atom stereocenters. The zero-order valence-electron chi connectivity index (χ0n) is 14.0. The highest BCUT2D eigenvalue weighted by Gasteiger charge is 2.17. The summed E-state index contributed by atoms with van der Waals surface area (Å²) in [6, 6.07) is 5.20. The molecule has 1 atom stereocenters. The molecular formula is C17H21N3O4. The molecule has 0 saturated heterocycles. The number of ether oxygens (including phenoxy) is 2. The zero-order chi connectivity index (χ0) is 17.1. The third-order valence-corrected chi connectivity index (χ3v) is 3.89. The van der Waals surface area contributed by atoms with Crippen molar-refractivity contribution >= 4 is 11.7 Å². The monoisotopic (exact) mass is 331 g/mol. The smallest absolute Gasteiger partial charge is 0.319 e. The number of aromatic nitrogens is 1. The van der Waals surface area contributed by atoms with E-state index in [2.05, 4.69) is 15.8 Å². The van der Waals surface area contributed by atoms with Crippen molar-refractivity contribution in [2.75, 3.05) is 18.5 Å². The molecule has 2 N–H and O–H groups in total. The summed E-state index contributed by atoms with van der Waals surface area (Å²) in [6.45, 7) is 6.72. The van der Waals surface area contributed by atoms with Crippen molar-refractivity contribution in [1.29, 1.82) is 0 Å². The first kappa shape index (κ1) is 16.2. The summed E-state index contributed by atoms with van der Waals surface area (Å²) < 4.78 is 16.3. The molecule has 0 spiro atoms. The van der Waals surface area contributed by atoms with E-state index < -0.39 is 0 Å². The van der Waals surface area contributed by atoms with E-state index in [-0.39, 0.29) is 12.1 Å². The van der Waals surface area contributed by atoms with E-state index in [1.807, 2.05) is 25.1 Å². The van der Waals surface area contributed by atoms with E-state index in [0.717, 1.165) is 17.7 Å². The van der Waals surface area contributed by atoms with Crippen LogP contribution in [0.5, 0.6) is 11.5 Å². The molecule has 0 fully saturated rings. The van der Waals surface area contributed by atoms with Crippen LogP contribution >= 0.6 is 0 Å². The molecule has 1 aromatic heterocycles. The number of hydrogen-bond donors (Lipinski definition) is 2. The highest BCUT2D eigenvalue weighted by Crippen LogP contribution is 2.32. The summed E-state index contributed by atoms with van der Waals surface area (Å²) in [5, 5.41) is 9.48. The number of amides is 2. The third kappa shape index (κ3) is 3.45. The molecule has 7 heteroatoms. The number of anilines is 1. The average molecular weight is 331 g/mol. The van der Waals surface area contributed by atoms with Crippen molar-refractivity contribution in [3.05, 3.63) is 35.2 Å². The molecule has 128 valence electrons.